The van der Waals surface area contributed by atoms with Gasteiger partial charge in [-0.05, 0) is 18.9 Å². The number of benzene rings is 1. The van der Waals surface area contributed by atoms with Gasteiger partial charge in [0.05, 0.1) is 16.4 Å². The summed E-state index contributed by atoms with van der Waals surface area (Å²) in [5.74, 6) is 0.405. The van der Waals surface area contributed by atoms with Crippen molar-refractivity contribution >= 4 is 15.5 Å². The van der Waals surface area contributed by atoms with Crippen molar-refractivity contribution in [1.29, 1.82) is 0 Å². The normalized spacial score (nSPS) is 23.1. The fraction of sp³-hybridized carbons (Fsp3) is 0.500. The molecule has 2 rings (SSSR count). The smallest absolute Gasteiger partial charge is 0.269 e. The molecule has 2 atom stereocenters. The SMILES string of the molecule is CC(NC1CCS(=O)(=O)C1)c1ccc([N+](=O)[O-])cc1. The van der Waals surface area contributed by atoms with Gasteiger partial charge >= 0.3 is 0 Å². The lowest BCUT2D eigenvalue weighted by atomic mass is 10.1. The Balaban J connectivity index is 2.00. The predicted octanol–water partition coefficient (Wildman–Crippen LogP) is 1.43. The van der Waals surface area contributed by atoms with Crippen LogP contribution in [0.3, 0.4) is 0 Å². The molecule has 0 radical (unpaired) electrons. The van der Waals surface area contributed by atoms with Crippen molar-refractivity contribution in [3.63, 3.8) is 0 Å². The van der Waals surface area contributed by atoms with Crippen LogP contribution in [-0.4, -0.2) is 30.9 Å². The van der Waals surface area contributed by atoms with E-state index in [9.17, 15) is 18.5 Å². The molecule has 6 nitrogen and oxygen atoms in total. The monoisotopic (exact) mass is 284 g/mol. The van der Waals surface area contributed by atoms with Gasteiger partial charge in [0.1, 0.15) is 0 Å². The van der Waals surface area contributed by atoms with Crippen molar-refractivity contribution < 1.29 is 13.3 Å². The molecule has 0 saturated carbocycles. The number of hydrogen-bond donors (Lipinski definition) is 1. The molecule has 2 unspecified atom stereocenters. The molecular weight excluding hydrogens is 268 g/mol. The van der Waals surface area contributed by atoms with Crippen LogP contribution in [0, 0.1) is 10.1 Å². The minimum absolute atomic E-state index is 0.0286. The minimum Gasteiger partial charge on any atom is -0.306 e. The molecule has 1 fully saturated rings. The maximum Gasteiger partial charge on any atom is 0.269 e. The van der Waals surface area contributed by atoms with Crippen LogP contribution in [0.15, 0.2) is 24.3 Å². The summed E-state index contributed by atoms with van der Waals surface area (Å²) in [6, 6.07) is 6.24. The molecule has 7 heteroatoms. The fourth-order valence-electron chi connectivity index (χ4n) is 2.26. The Morgan fingerprint density at radius 2 is 2.00 bits per heavy atom. The van der Waals surface area contributed by atoms with E-state index in [0.29, 0.717) is 6.42 Å². The van der Waals surface area contributed by atoms with Crippen molar-refractivity contribution in [3.8, 4) is 0 Å². The van der Waals surface area contributed by atoms with E-state index in [1.54, 1.807) is 12.1 Å². The summed E-state index contributed by atoms with van der Waals surface area (Å²) in [5, 5.41) is 13.8. The van der Waals surface area contributed by atoms with Crippen molar-refractivity contribution in [2.75, 3.05) is 11.5 Å². The number of sulfone groups is 1. The molecule has 1 N–H and O–H groups in total. The first-order valence-corrected chi connectivity index (χ1v) is 7.90. The minimum atomic E-state index is -2.89. The van der Waals surface area contributed by atoms with E-state index in [1.165, 1.54) is 12.1 Å². The first-order valence-electron chi connectivity index (χ1n) is 6.08. The van der Waals surface area contributed by atoms with Crippen LogP contribution in [-0.2, 0) is 9.84 Å². The second-order valence-corrected chi connectivity index (χ2v) is 7.07. The van der Waals surface area contributed by atoms with Gasteiger partial charge in [-0.15, -0.1) is 0 Å². The highest BCUT2D eigenvalue weighted by Crippen LogP contribution is 2.20. The zero-order valence-electron chi connectivity index (χ0n) is 10.6. The topological polar surface area (TPSA) is 89.3 Å². The predicted molar refractivity (Wildman–Crippen MR) is 71.7 cm³/mol. The van der Waals surface area contributed by atoms with Crippen molar-refractivity contribution in [2.45, 2.75) is 25.4 Å². The molecule has 0 spiro atoms. The average molecular weight is 284 g/mol. The van der Waals surface area contributed by atoms with E-state index in [-0.39, 0.29) is 29.3 Å². The van der Waals surface area contributed by atoms with Gasteiger partial charge in [0.15, 0.2) is 9.84 Å². The van der Waals surface area contributed by atoms with E-state index in [4.69, 9.17) is 0 Å². The highest BCUT2D eigenvalue weighted by Gasteiger charge is 2.28. The number of nitro groups is 1. The number of nitrogens with zero attached hydrogens (tertiary/aromatic N) is 1. The maximum absolute atomic E-state index is 11.4. The third kappa shape index (κ3) is 3.51. The Morgan fingerprint density at radius 3 is 2.47 bits per heavy atom. The Hall–Kier alpha value is -1.47. The van der Waals surface area contributed by atoms with Crippen LogP contribution in [0.25, 0.3) is 0 Å². The molecule has 0 amide bonds. The molecule has 1 aromatic carbocycles. The van der Waals surface area contributed by atoms with Gasteiger partial charge in [-0.3, -0.25) is 10.1 Å². The van der Waals surface area contributed by atoms with Gasteiger partial charge in [-0.1, -0.05) is 12.1 Å². The largest absolute Gasteiger partial charge is 0.306 e. The number of rotatable bonds is 4. The molecule has 0 aromatic heterocycles. The Bertz CT molecular complexity index is 568. The standard InChI is InChI=1S/C12H16N2O4S/c1-9(13-11-6-7-19(17,18)8-11)10-2-4-12(5-3-10)14(15)16/h2-5,9,11,13H,6-8H2,1H3. The zero-order valence-corrected chi connectivity index (χ0v) is 11.4. The third-order valence-electron chi connectivity index (χ3n) is 3.32. The summed E-state index contributed by atoms with van der Waals surface area (Å²) < 4.78 is 22.7. The molecule has 0 aliphatic carbocycles. The van der Waals surface area contributed by atoms with Crippen molar-refractivity contribution in [3.05, 3.63) is 39.9 Å². The van der Waals surface area contributed by atoms with Crippen LogP contribution >= 0.6 is 0 Å². The quantitative estimate of drug-likeness (QED) is 0.667. The van der Waals surface area contributed by atoms with Gasteiger partial charge in [0, 0.05) is 24.2 Å². The highest BCUT2D eigenvalue weighted by molar-refractivity contribution is 7.91. The molecule has 1 aliphatic heterocycles. The van der Waals surface area contributed by atoms with Crippen LogP contribution in [0.2, 0.25) is 0 Å². The van der Waals surface area contributed by atoms with Gasteiger partial charge in [0.25, 0.3) is 5.69 Å². The number of hydrogen-bond acceptors (Lipinski definition) is 5. The van der Waals surface area contributed by atoms with E-state index in [0.717, 1.165) is 5.56 Å². The zero-order chi connectivity index (χ0) is 14.0. The first kappa shape index (κ1) is 14.0. The lowest BCUT2D eigenvalue weighted by Gasteiger charge is -2.18. The Morgan fingerprint density at radius 1 is 1.37 bits per heavy atom. The number of non-ortho nitro benzene ring substituents is 1. The summed E-state index contributed by atoms with van der Waals surface area (Å²) in [6.45, 7) is 1.92. The lowest BCUT2D eigenvalue weighted by molar-refractivity contribution is -0.384. The van der Waals surface area contributed by atoms with Gasteiger partial charge in [0.2, 0.25) is 0 Å². The van der Waals surface area contributed by atoms with Crippen LogP contribution in [0.5, 0.6) is 0 Å². The van der Waals surface area contributed by atoms with Crippen molar-refractivity contribution in [2.24, 2.45) is 0 Å². The van der Waals surface area contributed by atoms with Gasteiger partial charge < -0.3 is 5.32 Å². The molecule has 19 heavy (non-hydrogen) atoms. The summed E-state index contributed by atoms with van der Waals surface area (Å²) in [5.41, 5.74) is 0.967. The molecule has 1 saturated heterocycles. The molecule has 1 aromatic rings. The number of nitrogens with one attached hydrogen (secondary N) is 1. The summed E-state index contributed by atoms with van der Waals surface area (Å²) in [4.78, 5) is 10.1. The van der Waals surface area contributed by atoms with E-state index in [1.807, 2.05) is 6.92 Å². The first-order chi connectivity index (χ1) is 8.87. The van der Waals surface area contributed by atoms with Gasteiger partial charge in [-0.25, -0.2) is 8.42 Å². The van der Waals surface area contributed by atoms with Crippen LogP contribution in [0.4, 0.5) is 5.69 Å². The second-order valence-electron chi connectivity index (χ2n) is 4.84. The molecule has 104 valence electrons. The van der Waals surface area contributed by atoms with E-state index < -0.39 is 14.8 Å². The Labute approximate surface area is 111 Å². The fourth-order valence-corrected chi connectivity index (χ4v) is 3.95. The molecule has 0 bridgehead atoms. The van der Waals surface area contributed by atoms with Crippen LogP contribution < -0.4 is 5.32 Å². The number of nitro benzene ring substituents is 1. The van der Waals surface area contributed by atoms with Gasteiger partial charge in [-0.2, -0.15) is 0 Å². The molecule has 1 heterocycles. The highest BCUT2D eigenvalue weighted by atomic mass is 32.2. The Kier molecular flexibility index (Phi) is 3.86. The summed E-state index contributed by atoms with van der Waals surface area (Å²) in [7, 11) is -2.89. The second kappa shape index (κ2) is 5.26. The summed E-state index contributed by atoms with van der Waals surface area (Å²) in [6.07, 6.45) is 0.625. The van der Waals surface area contributed by atoms with E-state index in [2.05, 4.69) is 5.32 Å². The average Bonchev–Trinajstić information content (AvgIpc) is 2.68. The summed E-state index contributed by atoms with van der Waals surface area (Å²) >= 11 is 0. The maximum atomic E-state index is 11.4. The van der Waals surface area contributed by atoms with Crippen LogP contribution in [0.1, 0.15) is 24.9 Å². The molecule has 1 aliphatic rings. The molecular formula is C12H16N2O4S. The van der Waals surface area contributed by atoms with E-state index >= 15 is 0 Å². The third-order valence-corrected chi connectivity index (χ3v) is 5.09. The lowest BCUT2D eigenvalue weighted by Crippen LogP contribution is -2.32. The van der Waals surface area contributed by atoms with Crippen molar-refractivity contribution in [1.82, 2.24) is 5.32 Å².